The quantitative estimate of drug-likeness (QED) is 0.730. The van der Waals surface area contributed by atoms with E-state index in [1.807, 2.05) is 48.7 Å². The van der Waals surface area contributed by atoms with E-state index < -0.39 is 0 Å². The summed E-state index contributed by atoms with van der Waals surface area (Å²) in [5, 5.41) is 15.8. The predicted molar refractivity (Wildman–Crippen MR) is 104 cm³/mol. The molecule has 7 heteroatoms. The summed E-state index contributed by atoms with van der Waals surface area (Å²) in [5.41, 5.74) is 2.48. The van der Waals surface area contributed by atoms with Crippen molar-refractivity contribution >= 4 is 17.4 Å². The van der Waals surface area contributed by atoms with Crippen molar-refractivity contribution in [2.45, 2.75) is 25.8 Å². The molecule has 0 unspecified atom stereocenters. The summed E-state index contributed by atoms with van der Waals surface area (Å²) in [6.07, 6.45) is 6.35. The zero-order chi connectivity index (χ0) is 18.5. The Balaban J connectivity index is 1.40. The standard InChI is InChI=1S/C20H22N6O/c27-20(9-14-26-13-4-10-21-26)22-17-6-3-5-16(15-17)18-7-8-19(24-23-18)25-11-1-2-12-25/h3-8,10,13,15H,1-2,9,11-12,14H2,(H,22,27). The van der Waals surface area contributed by atoms with Gasteiger partial charge >= 0.3 is 0 Å². The maximum Gasteiger partial charge on any atom is 0.226 e. The Labute approximate surface area is 158 Å². The molecule has 0 saturated carbocycles. The fourth-order valence-electron chi connectivity index (χ4n) is 3.22. The third-order valence-electron chi connectivity index (χ3n) is 4.65. The van der Waals surface area contributed by atoms with Gasteiger partial charge < -0.3 is 10.2 Å². The van der Waals surface area contributed by atoms with Gasteiger partial charge in [-0.15, -0.1) is 10.2 Å². The molecule has 138 valence electrons. The summed E-state index contributed by atoms with van der Waals surface area (Å²) in [6.45, 7) is 2.66. The number of anilines is 2. The van der Waals surface area contributed by atoms with Crippen LogP contribution in [0.5, 0.6) is 0 Å². The molecule has 1 aromatic carbocycles. The summed E-state index contributed by atoms with van der Waals surface area (Å²) in [6, 6.07) is 13.5. The van der Waals surface area contributed by atoms with Gasteiger partial charge in [-0.3, -0.25) is 9.48 Å². The van der Waals surface area contributed by atoms with Gasteiger partial charge in [0.1, 0.15) is 0 Å². The SMILES string of the molecule is O=C(CCn1cccn1)Nc1cccc(-c2ccc(N3CCCC3)nn2)c1. The van der Waals surface area contributed by atoms with Crippen LogP contribution in [0.1, 0.15) is 19.3 Å². The number of carbonyl (C=O) groups is 1. The van der Waals surface area contributed by atoms with Crippen LogP contribution in [-0.4, -0.2) is 39.0 Å². The Morgan fingerprint density at radius 3 is 2.70 bits per heavy atom. The fraction of sp³-hybridized carbons (Fsp3) is 0.300. The molecule has 1 fully saturated rings. The van der Waals surface area contributed by atoms with Crippen molar-refractivity contribution in [2.75, 3.05) is 23.3 Å². The number of rotatable bonds is 6. The lowest BCUT2D eigenvalue weighted by Gasteiger charge is -2.15. The van der Waals surface area contributed by atoms with Crippen molar-refractivity contribution in [1.29, 1.82) is 0 Å². The average molecular weight is 362 g/mol. The van der Waals surface area contributed by atoms with Crippen molar-refractivity contribution in [1.82, 2.24) is 20.0 Å². The van der Waals surface area contributed by atoms with E-state index in [0.717, 1.165) is 35.9 Å². The maximum atomic E-state index is 12.2. The minimum absolute atomic E-state index is 0.0434. The molecule has 0 radical (unpaired) electrons. The summed E-state index contributed by atoms with van der Waals surface area (Å²) in [4.78, 5) is 14.4. The highest BCUT2D eigenvalue weighted by Crippen LogP contribution is 2.23. The second-order valence-electron chi connectivity index (χ2n) is 6.62. The highest BCUT2D eigenvalue weighted by molar-refractivity contribution is 5.91. The van der Waals surface area contributed by atoms with Gasteiger partial charge in [-0.05, 0) is 43.2 Å². The molecule has 0 aliphatic carbocycles. The van der Waals surface area contributed by atoms with Gasteiger partial charge in [0.15, 0.2) is 5.82 Å². The van der Waals surface area contributed by atoms with Crippen LogP contribution >= 0.6 is 0 Å². The van der Waals surface area contributed by atoms with E-state index in [0.29, 0.717) is 13.0 Å². The number of aryl methyl sites for hydroxylation is 1. The van der Waals surface area contributed by atoms with Crippen molar-refractivity contribution < 1.29 is 4.79 Å². The summed E-state index contributed by atoms with van der Waals surface area (Å²) in [7, 11) is 0. The minimum Gasteiger partial charge on any atom is -0.355 e. The van der Waals surface area contributed by atoms with Crippen molar-refractivity contribution in [3.63, 3.8) is 0 Å². The average Bonchev–Trinajstić information content (AvgIpc) is 3.41. The topological polar surface area (TPSA) is 75.9 Å². The van der Waals surface area contributed by atoms with Crippen LogP contribution < -0.4 is 10.2 Å². The molecule has 27 heavy (non-hydrogen) atoms. The monoisotopic (exact) mass is 362 g/mol. The molecule has 1 aliphatic rings. The summed E-state index contributed by atoms with van der Waals surface area (Å²) >= 11 is 0. The molecule has 0 bridgehead atoms. The minimum atomic E-state index is -0.0434. The van der Waals surface area contributed by atoms with E-state index in [2.05, 4.69) is 25.5 Å². The first-order chi connectivity index (χ1) is 13.3. The zero-order valence-corrected chi connectivity index (χ0v) is 15.1. The number of amides is 1. The molecule has 7 nitrogen and oxygen atoms in total. The predicted octanol–water partition coefficient (Wildman–Crippen LogP) is 2.97. The Kier molecular flexibility index (Phi) is 5.09. The molecule has 2 aromatic heterocycles. The van der Waals surface area contributed by atoms with E-state index in [-0.39, 0.29) is 5.91 Å². The number of benzene rings is 1. The lowest BCUT2D eigenvalue weighted by Crippen LogP contribution is -2.19. The van der Waals surface area contributed by atoms with E-state index in [1.165, 1.54) is 12.8 Å². The van der Waals surface area contributed by atoms with Crippen molar-refractivity contribution in [3.05, 3.63) is 54.9 Å². The Bertz CT molecular complexity index is 885. The number of hydrogen-bond acceptors (Lipinski definition) is 5. The molecule has 1 saturated heterocycles. The second-order valence-corrected chi connectivity index (χ2v) is 6.62. The van der Waals surface area contributed by atoms with Gasteiger partial charge in [-0.25, -0.2) is 0 Å². The molecule has 0 spiro atoms. The van der Waals surface area contributed by atoms with Gasteiger partial charge in [-0.1, -0.05) is 12.1 Å². The first-order valence-corrected chi connectivity index (χ1v) is 9.24. The highest BCUT2D eigenvalue weighted by atomic mass is 16.1. The van der Waals surface area contributed by atoms with Crippen LogP contribution in [0, 0.1) is 0 Å². The van der Waals surface area contributed by atoms with Gasteiger partial charge in [0, 0.05) is 49.7 Å². The first-order valence-electron chi connectivity index (χ1n) is 9.24. The molecular weight excluding hydrogens is 340 g/mol. The molecule has 1 aliphatic heterocycles. The molecular formula is C20H22N6O. The largest absolute Gasteiger partial charge is 0.355 e. The molecule has 1 N–H and O–H groups in total. The number of nitrogens with zero attached hydrogens (tertiary/aromatic N) is 5. The van der Waals surface area contributed by atoms with Crippen LogP contribution in [0.3, 0.4) is 0 Å². The van der Waals surface area contributed by atoms with Gasteiger partial charge in [-0.2, -0.15) is 5.10 Å². The van der Waals surface area contributed by atoms with Crippen molar-refractivity contribution in [2.24, 2.45) is 0 Å². The normalized spacial score (nSPS) is 13.7. The zero-order valence-electron chi connectivity index (χ0n) is 15.1. The Hall–Kier alpha value is -3.22. The first kappa shape index (κ1) is 17.2. The molecule has 3 aromatic rings. The van der Waals surface area contributed by atoms with Crippen molar-refractivity contribution in [3.8, 4) is 11.3 Å². The summed E-state index contributed by atoms with van der Waals surface area (Å²) < 4.78 is 1.74. The third kappa shape index (κ3) is 4.31. The van der Waals surface area contributed by atoms with Crippen LogP contribution in [0.25, 0.3) is 11.3 Å². The van der Waals surface area contributed by atoms with Gasteiger partial charge in [0.2, 0.25) is 5.91 Å². The van der Waals surface area contributed by atoms with Gasteiger partial charge in [0.05, 0.1) is 5.69 Å². The highest BCUT2D eigenvalue weighted by Gasteiger charge is 2.14. The molecule has 4 rings (SSSR count). The van der Waals surface area contributed by atoms with Crippen LogP contribution in [0.4, 0.5) is 11.5 Å². The van der Waals surface area contributed by atoms with Gasteiger partial charge in [0.25, 0.3) is 0 Å². The molecule has 3 heterocycles. The lowest BCUT2D eigenvalue weighted by molar-refractivity contribution is -0.116. The van der Waals surface area contributed by atoms with Crippen LogP contribution in [0.15, 0.2) is 54.9 Å². The van der Waals surface area contributed by atoms with E-state index in [1.54, 1.807) is 10.9 Å². The fourth-order valence-corrected chi connectivity index (χ4v) is 3.22. The number of carbonyl (C=O) groups excluding carboxylic acids is 1. The number of nitrogens with one attached hydrogen (secondary N) is 1. The molecule has 1 amide bonds. The smallest absolute Gasteiger partial charge is 0.226 e. The van der Waals surface area contributed by atoms with Crippen LogP contribution in [0.2, 0.25) is 0 Å². The van der Waals surface area contributed by atoms with E-state index in [4.69, 9.17) is 0 Å². The number of aromatic nitrogens is 4. The lowest BCUT2D eigenvalue weighted by atomic mass is 10.1. The van der Waals surface area contributed by atoms with E-state index in [9.17, 15) is 4.79 Å². The Morgan fingerprint density at radius 2 is 1.96 bits per heavy atom. The maximum absolute atomic E-state index is 12.2. The second kappa shape index (κ2) is 7.99. The number of hydrogen-bond donors (Lipinski definition) is 1. The summed E-state index contributed by atoms with van der Waals surface area (Å²) in [5.74, 6) is 0.887. The molecule has 0 atom stereocenters. The third-order valence-corrected chi connectivity index (χ3v) is 4.65. The van der Waals surface area contributed by atoms with Crippen LogP contribution in [-0.2, 0) is 11.3 Å². The van der Waals surface area contributed by atoms with E-state index >= 15 is 0 Å². The Morgan fingerprint density at radius 1 is 1.07 bits per heavy atom.